The lowest BCUT2D eigenvalue weighted by Crippen LogP contribution is -2.35. The Morgan fingerprint density at radius 1 is 1.33 bits per heavy atom. The molecule has 0 unspecified atom stereocenters. The molecule has 3 heteroatoms. The maximum Gasteiger partial charge on any atom is 0.0771 e. The minimum atomic E-state index is 0.148. The molecule has 0 atom stereocenters. The van der Waals surface area contributed by atoms with E-state index in [-0.39, 0.29) is 6.61 Å². The van der Waals surface area contributed by atoms with E-state index >= 15 is 0 Å². The summed E-state index contributed by atoms with van der Waals surface area (Å²) in [5.41, 5.74) is 0. The highest BCUT2D eigenvalue weighted by atomic mass is 32.1. The van der Waals surface area contributed by atoms with Gasteiger partial charge in [-0.05, 0) is 30.9 Å². The van der Waals surface area contributed by atoms with Gasteiger partial charge in [-0.3, -0.25) is 4.90 Å². The molecule has 0 bridgehead atoms. The topological polar surface area (TPSA) is 23.5 Å². The fourth-order valence-electron chi connectivity index (χ4n) is 3.02. The van der Waals surface area contributed by atoms with E-state index in [2.05, 4.69) is 42.7 Å². The summed E-state index contributed by atoms with van der Waals surface area (Å²) in [6, 6.07) is 5.11. The fraction of sp³-hybridized carbons (Fsp3) is 0.667. The lowest BCUT2D eigenvalue weighted by molar-refractivity contribution is 0.170. The van der Waals surface area contributed by atoms with Crippen molar-refractivity contribution < 1.29 is 5.11 Å². The van der Waals surface area contributed by atoms with Crippen LogP contribution in [0.1, 0.15) is 55.7 Å². The zero-order valence-corrected chi connectivity index (χ0v) is 14.1. The van der Waals surface area contributed by atoms with E-state index in [1.807, 2.05) is 0 Å². The molecule has 1 aromatic rings. The van der Waals surface area contributed by atoms with Crippen LogP contribution in [-0.4, -0.2) is 29.2 Å². The van der Waals surface area contributed by atoms with Crippen LogP contribution in [0.5, 0.6) is 0 Å². The van der Waals surface area contributed by atoms with Gasteiger partial charge in [-0.1, -0.05) is 38.5 Å². The molecule has 0 aromatic carbocycles. The normalized spacial score (nSPS) is 15.7. The molecule has 0 spiro atoms. The van der Waals surface area contributed by atoms with E-state index in [0.717, 1.165) is 23.4 Å². The number of aliphatic hydroxyl groups excluding tert-OH is 1. The Kier molecular flexibility index (Phi) is 6.76. The van der Waals surface area contributed by atoms with Gasteiger partial charge in [-0.2, -0.15) is 0 Å². The highest BCUT2D eigenvalue weighted by Gasteiger charge is 2.23. The second-order valence-corrected chi connectivity index (χ2v) is 7.47. The van der Waals surface area contributed by atoms with Crippen molar-refractivity contribution in [1.82, 2.24) is 4.90 Å². The van der Waals surface area contributed by atoms with E-state index in [9.17, 15) is 0 Å². The van der Waals surface area contributed by atoms with E-state index in [1.54, 1.807) is 11.3 Å². The molecule has 116 valence electrons. The summed E-state index contributed by atoms with van der Waals surface area (Å²) in [4.78, 5) is 5.21. The predicted octanol–water partition coefficient (Wildman–Crippen LogP) is 3.88. The van der Waals surface area contributed by atoms with Crippen LogP contribution in [0, 0.1) is 17.8 Å². The number of aliphatic hydroxyl groups is 1. The van der Waals surface area contributed by atoms with Crippen molar-refractivity contribution in [1.29, 1.82) is 0 Å². The zero-order valence-electron chi connectivity index (χ0n) is 13.3. The SMILES string of the molecule is CC(C)CN(Cc1ccc(C#CCCO)s1)C1CCCC1. The summed E-state index contributed by atoms with van der Waals surface area (Å²) in [6.07, 6.45) is 6.07. The van der Waals surface area contributed by atoms with Crippen LogP contribution >= 0.6 is 11.3 Å². The minimum Gasteiger partial charge on any atom is -0.395 e. The van der Waals surface area contributed by atoms with Gasteiger partial charge in [-0.25, -0.2) is 0 Å². The lowest BCUT2D eigenvalue weighted by Gasteiger charge is -2.29. The summed E-state index contributed by atoms with van der Waals surface area (Å²) in [6.45, 7) is 7.02. The summed E-state index contributed by atoms with van der Waals surface area (Å²) in [7, 11) is 0. The molecule has 1 aliphatic carbocycles. The van der Waals surface area contributed by atoms with Crippen LogP contribution in [0.2, 0.25) is 0 Å². The molecule has 0 radical (unpaired) electrons. The summed E-state index contributed by atoms with van der Waals surface area (Å²) in [5, 5.41) is 8.77. The third kappa shape index (κ3) is 5.47. The number of nitrogens with zero attached hydrogens (tertiary/aromatic N) is 1. The van der Waals surface area contributed by atoms with Crippen LogP contribution in [0.15, 0.2) is 12.1 Å². The molecule has 0 aliphatic heterocycles. The monoisotopic (exact) mass is 305 g/mol. The average molecular weight is 305 g/mol. The Balaban J connectivity index is 1.97. The maximum atomic E-state index is 8.77. The first-order valence-corrected chi connectivity index (χ1v) is 8.93. The molecule has 1 aromatic heterocycles. The van der Waals surface area contributed by atoms with Gasteiger partial charge in [0.2, 0.25) is 0 Å². The molecule has 1 aliphatic rings. The molecule has 0 amide bonds. The standard InChI is InChI=1S/C18H27NOS/c1-15(2)13-19(16-7-3-4-8-16)14-18-11-10-17(21-18)9-5-6-12-20/h10-11,15-16,20H,3-4,6-8,12-14H2,1-2H3. The van der Waals surface area contributed by atoms with Crippen molar-refractivity contribution in [3.8, 4) is 11.8 Å². The first kappa shape index (κ1) is 16.5. The van der Waals surface area contributed by atoms with Crippen LogP contribution in [0.3, 0.4) is 0 Å². The van der Waals surface area contributed by atoms with Crippen molar-refractivity contribution in [3.05, 3.63) is 21.9 Å². The lowest BCUT2D eigenvalue weighted by atomic mass is 10.1. The number of hydrogen-bond donors (Lipinski definition) is 1. The Morgan fingerprint density at radius 2 is 2.10 bits per heavy atom. The van der Waals surface area contributed by atoms with Gasteiger partial charge >= 0.3 is 0 Å². The average Bonchev–Trinajstić information content (AvgIpc) is 3.09. The molecule has 0 saturated heterocycles. The van der Waals surface area contributed by atoms with Gasteiger partial charge in [0.15, 0.2) is 0 Å². The van der Waals surface area contributed by atoms with Crippen molar-refractivity contribution in [3.63, 3.8) is 0 Å². The second-order valence-electron chi connectivity index (χ2n) is 6.30. The largest absolute Gasteiger partial charge is 0.395 e. The summed E-state index contributed by atoms with van der Waals surface area (Å²) >= 11 is 1.80. The van der Waals surface area contributed by atoms with Crippen LogP contribution in [0.25, 0.3) is 0 Å². The number of rotatable bonds is 6. The molecular formula is C18H27NOS. The molecule has 2 nitrogen and oxygen atoms in total. The quantitative estimate of drug-likeness (QED) is 0.806. The Labute approximate surface area is 133 Å². The number of hydrogen-bond acceptors (Lipinski definition) is 3. The smallest absolute Gasteiger partial charge is 0.0771 e. The highest BCUT2D eigenvalue weighted by molar-refractivity contribution is 7.12. The Bertz CT molecular complexity index is 477. The van der Waals surface area contributed by atoms with E-state index in [1.165, 1.54) is 37.1 Å². The van der Waals surface area contributed by atoms with E-state index in [4.69, 9.17) is 5.11 Å². The molecule has 21 heavy (non-hydrogen) atoms. The fourth-order valence-corrected chi connectivity index (χ4v) is 3.93. The molecular weight excluding hydrogens is 278 g/mol. The molecule has 2 rings (SSSR count). The Hall–Kier alpha value is -0.820. The van der Waals surface area contributed by atoms with E-state index in [0.29, 0.717) is 6.42 Å². The van der Waals surface area contributed by atoms with Crippen LogP contribution < -0.4 is 0 Å². The third-order valence-corrected chi connectivity index (χ3v) is 4.90. The molecule has 1 fully saturated rings. The number of thiophene rings is 1. The van der Waals surface area contributed by atoms with Crippen molar-refractivity contribution >= 4 is 11.3 Å². The first-order valence-electron chi connectivity index (χ1n) is 8.11. The van der Waals surface area contributed by atoms with Crippen LogP contribution in [0.4, 0.5) is 0 Å². The zero-order chi connectivity index (χ0) is 15.1. The summed E-state index contributed by atoms with van der Waals surface area (Å²) in [5.74, 6) is 6.86. The van der Waals surface area contributed by atoms with Gasteiger partial charge in [0, 0.05) is 30.4 Å². The first-order chi connectivity index (χ1) is 10.2. The van der Waals surface area contributed by atoms with Gasteiger partial charge < -0.3 is 5.11 Å². The highest BCUT2D eigenvalue weighted by Crippen LogP contribution is 2.27. The molecule has 1 heterocycles. The second kappa shape index (κ2) is 8.58. The van der Waals surface area contributed by atoms with Crippen molar-refractivity contribution in [2.24, 2.45) is 5.92 Å². The minimum absolute atomic E-state index is 0.148. The molecule has 1 N–H and O–H groups in total. The van der Waals surface area contributed by atoms with Crippen molar-refractivity contribution in [2.45, 2.75) is 58.5 Å². The predicted molar refractivity (Wildman–Crippen MR) is 90.4 cm³/mol. The van der Waals surface area contributed by atoms with Crippen LogP contribution in [-0.2, 0) is 6.54 Å². The maximum absolute atomic E-state index is 8.77. The third-order valence-electron chi connectivity index (χ3n) is 3.91. The summed E-state index contributed by atoms with van der Waals surface area (Å²) < 4.78 is 0. The van der Waals surface area contributed by atoms with Crippen molar-refractivity contribution in [2.75, 3.05) is 13.2 Å². The van der Waals surface area contributed by atoms with Gasteiger partial charge in [-0.15, -0.1) is 11.3 Å². The Morgan fingerprint density at radius 3 is 2.76 bits per heavy atom. The van der Waals surface area contributed by atoms with Gasteiger partial charge in [0.25, 0.3) is 0 Å². The van der Waals surface area contributed by atoms with Gasteiger partial charge in [0.1, 0.15) is 0 Å². The van der Waals surface area contributed by atoms with Gasteiger partial charge in [0.05, 0.1) is 11.5 Å². The van der Waals surface area contributed by atoms with E-state index < -0.39 is 0 Å². The molecule has 1 saturated carbocycles.